The molecule has 1 atom stereocenters. The number of carbonyl (C=O) groups excluding carboxylic acids is 1. The fourth-order valence-electron chi connectivity index (χ4n) is 4.23. The van der Waals surface area contributed by atoms with Gasteiger partial charge in [0.1, 0.15) is 22.8 Å². The van der Waals surface area contributed by atoms with E-state index in [1.165, 1.54) is 22.2 Å². The van der Waals surface area contributed by atoms with Gasteiger partial charge in [-0.05, 0) is 50.1 Å². The average molecular weight is 536 g/mol. The number of ether oxygens (including phenoxy) is 1. The molecule has 188 valence electrons. The van der Waals surface area contributed by atoms with Crippen LogP contribution in [0.4, 0.5) is 4.39 Å². The molecule has 37 heavy (non-hydrogen) atoms. The fourth-order valence-corrected chi connectivity index (χ4v) is 5.09. The molecule has 7 nitrogen and oxygen atoms in total. The number of halogens is 2. The Morgan fingerprint density at radius 2 is 2.08 bits per heavy atom. The molecule has 1 amide bonds. The van der Waals surface area contributed by atoms with E-state index < -0.39 is 5.82 Å². The Labute approximate surface area is 221 Å². The third-order valence-electron chi connectivity index (χ3n) is 5.92. The van der Waals surface area contributed by atoms with Crippen LogP contribution in [0, 0.1) is 19.7 Å². The number of fused-ring (bicyclic) bond motifs is 1. The molecule has 0 bridgehead atoms. The first-order chi connectivity index (χ1) is 17.8. The van der Waals surface area contributed by atoms with Crippen LogP contribution < -0.4 is 10.1 Å². The minimum atomic E-state index is -0.423. The van der Waals surface area contributed by atoms with Gasteiger partial charge in [-0.25, -0.2) is 14.1 Å². The van der Waals surface area contributed by atoms with E-state index in [1.54, 1.807) is 11.7 Å². The topological polar surface area (TPSA) is 81.9 Å². The zero-order valence-electron chi connectivity index (χ0n) is 20.3. The summed E-state index contributed by atoms with van der Waals surface area (Å²) in [7, 11) is 0. The number of rotatable bonds is 7. The van der Waals surface area contributed by atoms with Crippen molar-refractivity contribution in [2.24, 2.45) is 0 Å². The minimum absolute atomic E-state index is 0.162. The van der Waals surface area contributed by atoms with Gasteiger partial charge in [-0.3, -0.25) is 9.78 Å². The van der Waals surface area contributed by atoms with Crippen LogP contribution in [0.3, 0.4) is 0 Å². The lowest BCUT2D eigenvalue weighted by atomic mass is 9.99. The molecule has 0 unspecified atom stereocenters. The van der Waals surface area contributed by atoms with Gasteiger partial charge in [0.05, 0.1) is 35.8 Å². The lowest BCUT2D eigenvalue weighted by Gasteiger charge is -2.20. The van der Waals surface area contributed by atoms with Crippen LogP contribution in [0.25, 0.3) is 16.6 Å². The van der Waals surface area contributed by atoms with Crippen LogP contribution in [0.5, 0.6) is 5.75 Å². The number of hydrogen-bond acceptors (Lipinski definition) is 6. The Morgan fingerprint density at radius 1 is 1.24 bits per heavy atom. The van der Waals surface area contributed by atoms with E-state index in [4.69, 9.17) is 16.3 Å². The average Bonchev–Trinajstić information content (AvgIpc) is 3.55. The molecular formula is C27H23ClFN5O2S. The molecule has 0 saturated carbocycles. The standard InChI is InChI=1S/C27H23ClFN5O2S/c1-15-7-20(17(3)33-27(35)25-11-30-14-37-25)21(22(28)8-15)13-36-24-6-4-5-19-23(9-16(2)32-26(19)24)34-12-18(29)10-31-34/h4-12,14,17H,13H2,1-3H3,(H,33,35)/t17-/m0/s1. The van der Waals surface area contributed by atoms with Crippen molar-refractivity contribution < 1.29 is 13.9 Å². The van der Waals surface area contributed by atoms with E-state index in [9.17, 15) is 9.18 Å². The second-order valence-corrected chi connectivity index (χ2v) is 10.00. The van der Waals surface area contributed by atoms with E-state index >= 15 is 0 Å². The molecular weight excluding hydrogens is 513 g/mol. The summed E-state index contributed by atoms with van der Waals surface area (Å²) in [4.78, 5) is 21.8. The SMILES string of the molecule is Cc1cc(Cl)c(COc2cccc3c(-n4cc(F)cn4)cc(C)nc23)c([C@H](C)NC(=O)c2cncs2)c1. The molecule has 3 heterocycles. The zero-order chi connectivity index (χ0) is 26.1. The molecule has 0 saturated heterocycles. The van der Waals surface area contributed by atoms with Gasteiger partial charge in [0, 0.05) is 21.7 Å². The summed E-state index contributed by atoms with van der Waals surface area (Å²) in [6.45, 7) is 5.89. The molecule has 10 heteroatoms. The highest BCUT2D eigenvalue weighted by molar-refractivity contribution is 7.11. The first kappa shape index (κ1) is 24.9. The van der Waals surface area contributed by atoms with Crippen molar-refractivity contribution in [3.05, 3.63) is 98.6 Å². The predicted molar refractivity (Wildman–Crippen MR) is 142 cm³/mol. The number of para-hydroxylation sites is 1. The highest BCUT2D eigenvalue weighted by atomic mass is 35.5. The summed E-state index contributed by atoms with van der Waals surface area (Å²) < 4.78 is 21.4. The Morgan fingerprint density at radius 3 is 2.81 bits per heavy atom. The van der Waals surface area contributed by atoms with Gasteiger partial charge < -0.3 is 10.1 Å². The van der Waals surface area contributed by atoms with Crippen LogP contribution in [0.1, 0.15) is 45.0 Å². The van der Waals surface area contributed by atoms with E-state index in [0.29, 0.717) is 26.9 Å². The van der Waals surface area contributed by atoms with E-state index in [2.05, 4.69) is 20.4 Å². The molecule has 0 spiro atoms. The number of nitrogens with one attached hydrogen (secondary N) is 1. The Kier molecular flexibility index (Phi) is 6.90. The second kappa shape index (κ2) is 10.3. The van der Waals surface area contributed by atoms with Crippen molar-refractivity contribution in [1.29, 1.82) is 0 Å². The van der Waals surface area contributed by atoms with Crippen LogP contribution in [0.15, 0.2) is 60.5 Å². The highest BCUT2D eigenvalue weighted by Crippen LogP contribution is 2.32. The summed E-state index contributed by atoms with van der Waals surface area (Å²) in [5, 5.41) is 8.45. The summed E-state index contributed by atoms with van der Waals surface area (Å²) in [6.07, 6.45) is 4.03. The van der Waals surface area contributed by atoms with Crippen molar-refractivity contribution in [3.63, 3.8) is 0 Å². The fraction of sp³-hybridized carbons (Fsp3) is 0.185. The Bertz CT molecular complexity index is 1600. The van der Waals surface area contributed by atoms with Gasteiger partial charge in [0.2, 0.25) is 0 Å². The van der Waals surface area contributed by atoms with Crippen molar-refractivity contribution in [2.75, 3.05) is 0 Å². The molecule has 0 aliphatic rings. The number of carbonyl (C=O) groups is 1. The molecule has 0 radical (unpaired) electrons. The monoisotopic (exact) mass is 535 g/mol. The molecule has 0 aliphatic heterocycles. The molecule has 1 N–H and O–H groups in total. The lowest BCUT2D eigenvalue weighted by molar-refractivity contribution is 0.0943. The quantitative estimate of drug-likeness (QED) is 0.262. The number of aryl methyl sites for hydroxylation is 2. The number of hydrogen-bond donors (Lipinski definition) is 1. The molecule has 3 aromatic heterocycles. The molecule has 2 aromatic carbocycles. The van der Waals surface area contributed by atoms with E-state index in [1.807, 2.05) is 57.2 Å². The number of amides is 1. The maximum atomic E-state index is 13.7. The van der Waals surface area contributed by atoms with Gasteiger partial charge in [0.15, 0.2) is 5.82 Å². The van der Waals surface area contributed by atoms with Gasteiger partial charge in [-0.2, -0.15) is 5.10 Å². The summed E-state index contributed by atoms with van der Waals surface area (Å²) in [6, 6.07) is 11.0. The Hall–Kier alpha value is -3.82. The number of thiazole rings is 1. The second-order valence-electron chi connectivity index (χ2n) is 8.70. The highest BCUT2D eigenvalue weighted by Gasteiger charge is 2.19. The minimum Gasteiger partial charge on any atom is -0.487 e. The van der Waals surface area contributed by atoms with Gasteiger partial charge in [-0.15, -0.1) is 11.3 Å². The van der Waals surface area contributed by atoms with Crippen molar-refractivity contribution in [3.8, 4) is 11.4 Å². The third kappa shape index (κ3) is 5.19. The number of pyridine rings is 1. The normalized spacial score (nSPS) is 12.0. The third-order valence-corrected chi connectivity index (χ3v) is 7.03. The molecule has 0 aliphatic carbocycles. The summed E-state index contributed by atoms with van der Waals surface area (Å²) in [5.41, 5.74) is 6.29. The molecule has 5 aromatic rings. The first-order valence-electron chi connectivity index (χ1n) is 11.5. The molecule has 5 rings (SSSR count). The number of nitrogens with zero attached hydrogens (tertiary/aromatic N) is 4. The van der Waals surface area contributed by atoms with Gasteiger partial charge in [0.25, 0.3) is 5.91 Å². The van der Waals surface area contributed by atoms with Crippen molar-refractivity contribution in [1.82, 2.24) is 25.1 Å². The molecule has 0 fully saturated rings. The Balaban J connectivity index is 1.47. The smallest absolute Gasteiger partial charge is 0.263 e. The van der Waals surface area contributed by atoms with Crippen molar-refractivity contribution >= 4 is 39.7 Å². The number of benzene rings is 2. The zero-order valence-corrected chi connectivity index (χ0v) is 21.9. The largest absolute Gasteiger partial charge is 0.487 e. The summed E-state index contributed by atoms with van der Waals surface area (Å²) in [5.74, 6) is -0.0667. The van der Waals surface area contributed by atoms with E-state index in [-0.39, 0.29) is 18.6 Å². The maximum absolute atomic E-state index is 13.7. The first-order valence-corrected chi connectivity index (χ1v) is 12.8. The predicted octanol–water partition coefficient (Wildman–Crippen LogP) is 6.36. The van der Waals surface area contributed by atoms with Crippen LogP contribution in [-0.4, -0.2) is 25.7 Å². The van der Waals surface area contributed by atoms with Crippen molar-refractivity contribution in [2.45, 2.75) is 33.4 Å². The summed E-state index contributed by atoms with van der Waals surface area (Å²) >= 11 is 7.95. The maximum Gasteiger partial charge on any atom is 0.263 e. The van der Waals surface area contributed by atoms with Gasteiger partial charge >= 0.3 is 0 Å². The van der Waals surface area contributed by atoms with Crippen LogP contribution >= 0.6 is 22.9 Å². The lowest BCUT2D eigenvalue weighted by Crippen LogP contribution is -2.27. The van der Waals surface area contributed by atoms with Gasteiger partial charge in [-0.1, -0.05) is 29.8 Å². The van der Waals surface area contributed by atoms with Crippen LogP contribution in [-0.2, 0) is 6.61 Å². The van der Waals surface area contributed by atoms with E-state index in [0.717, 1.165) is 34.0 Å². The number of aromatic nitrogens is 4. The van der Waals surface area contributed by atoms with Crippen LogP contribution in [0.2, 0.25) is 5.02 Å².